The maximum atomic E-state index is 13.7. The number of carbonyl (C=O) groups is 2. The molecular formula is C26H33ClFN5O2. The average Bonchev–Trinajstić information content (AvgIpc) is 2.84. The minimum atomic E-state index is -0.826. The quantitative estimate of drug-likeness (QED) is 0.177. The molecule has 6 N–H and O–H groups in total. The zero-order chi connectivity index (χ0) is 25.2. The lowest BCUT2D eigenvalue weighted by Gasteiger charge is -2.37. The predicted octanol–water partition coefficient (Wildman–Crippen LogP) is 4.32. The largest absolute Gasteiger partial charge is 0.370 e. The van der Waals surface area contributed by atoms with Crippen molar-refractivity contribution in [1.29, 1.82) is 0 Å². The van der Waals surface area contributed by atoms with Crippen LogP contribution >= 0.6 is 11.6 Å². The number of rotatable bonds is 9. The summed E-state index contributed by atoms with van der Waals surface area (Å²) in [7, 11) is 0. The zero-order valence-corrected chi connectivity index (χ0v) is 20.4. The third kappa shape index (κ3) is 8.24. The Kier molecular flexibility index (Phi) is 9.90. The number of aliphatic imine (C=N–C) groups is 1. The number of amides is 2. The standard InChI is InChI=1S/C26H33ClFN5O2/c27-21-12-11-20(16-22(21)28)32-24(34)25(35)33-23-13-10-18(17-7-3-1-4-8-17)15-19(23)9-5-2-6-14-31-26(29)30/h1,3-4,7-8,11-12,16,18-19,23H,2,5-6,9-10,13-15H2,(H,32,34)(H,33,35)(H4,29,30,31). The van der Waals surface area contributed by atoms with Crippen molar-refractivity contribution in [2.24, 2.45) is 22.4 Å². The Morgan fingerprint density at radius 2 is 1.80 bits per heavy atom. The van der Waals surface area contributed by atoms with Gasteiger partial charge in [-0.15, -0.1) is 0 Å². The topological polar surface area (TPSA) is 123 Å². The number of anilines is 1. The second-order valence-electron chi connectivity index (χ2n) is 9.00. The number of benzene rings is 2. The van der Waals surface area contributed by atoms with Crippen LogP contribution in [0.5, 0.6) is 0 Å². The average molecular weight is 502 g/mol. The Bertz CT molecular complexity index is 1030. The van der Waals surface area contributed by atoms with Crippen molar-refractivity contribution in [3.63, 3.8) is 0 Å². The first-order valence-corrected chi connectivity index (χ1v) is 12.4. The van der Waals surface area contributed by atoms with Crippen LogP contribution in [0, 0.1) is 11.7 Å². The molecular weight excluding hydrogens is 469 g/mol. The molecule has 3 rings (SSSR count). The molecule has 3 atom stereocenters. The van der Waals surface area contributed by atoms with Crippen LogP contribution in [-0.2, 0) is 9.59 Å². The fourth-order valence-corrected chi connectivity index (χ4v) is 4.82. The molecule has 0 heterocycles. The number of nitrogens with zero attached hydrogens (tertiary/aromatic N) is 1. The highest BCUT2D eigenvalue weighted by molar-refractivity contribution is 6.39. The van der Waals surface area contributed by atoms with E-state index in [4.69, 9.17) is 23.1 Å². The lowest BCUT2D eigenvalue weighted by molar-refractivity contribution is -0.137. The molecule has 2 amide bonds. The van der Waals surface area contributed by atoms with Gasteiger partial charge in [-0.25, -0.2) is 4.39 Å². The first kappa shape index (κ1) is 26.5. The van der Waals surface area contributed by atoms with E-state index in [2.05, 4.69) is 27.8 Å². The zero-order valence-electron chi connectivity index (χ0n) is 19.7. The second kappa shape index (κ2) is 13.1. The third-order valence-electron chi connectivity index (χ3n) is 6.48. The summed E-state index contributed by atoms with van der Waals surface area (Å²) in [6.07, 6.45) is 6.44. The second-order valence-corrected chi connectivity index (χ2v) is 9.41. The van der Waals surface area contributed by atoms with Crippen molar-refractivity contribution >= 4 is 35.1 Å². The van der Waals surface area contributed by atoms with Gasteiger partial charge in [0.2, 0.25) is 0 Å². The lowest BCUT2D eigenvalue weighted by Crippen LogP contribution is -2.47. The van der Waals surface area contributed by atoms with Gasteiger partial charge >= 0.3 is 11.8 Å². The Morgan fingerprint density at radius 3 is 2.51 bits per heavy atom. The van der Waals surface area contributed by atoms with Crippen LogP contribution in [0.3, 0.4) is 0 Å². The molecule has 9 heteroatoms. The molecule has 1 aliphatic rings. The summed E-state index contributed by atoms with van der Waals surface area (Å²) in [5.74, 6) is -1.45. The molecule has 0 spiro atoms. The van der Waals surface area contributed by atoms with Crippen molar-refractivity contribution in [2.75, 3.05) is 11.9 Å². The summed E-state index contributed by atoms with van der Waals surface area (Å²) in [5, 5.41) is 5.32. The molecule has 0 radical (unpaired) electrons. The summed E-state index contributed by atoms with van der Waals surface area (Å²) in [5.41, 5.74) is 12.2. The van der Waals surface area contributed by atoms with Crippen LogP contribution in [0.1, 0.15) is 56.4 Å². The Hall–Kier alpha value is -3.13. The Balaban J connectivity index is 1.59. The molecule has 0 aliphatic heterocycles. The van der Waals surface area contributed by atoms with Gasteiger partial charge in [-0.2, -0.15) is 0 Å². The van der Waals surface area contributed by atoms with E-state index < -0.39 is 17.6 Å². The SMILES string of the molecule is NC(N)=NCCCCCC1CC(c2ccccc2)CCC1NC(=O)C(=O)Nc1ccc(Cl)c(F)c1. The third-order valence-corrected chi connectivity index (χ3v) is 6.79. The first-order valence-electron chi connectivity index (χ1n) is 12.0. The molecule has 0 aromatic heterocycles. The maximum Gasteiger partial charge on any atom is 0.313 e. The highest BCUT2D eigenvalue weighted by Gasteiger charge is 2.33. The molecule has 3 unspecified atom stereocenters. The minimum absolute atomic E-state index is 0.0521. The number of hydrogen-bond donors (Lipinski definition) is 4. The van der Waals surface area contributed by atoms with Gasteiger partial charge in [0.25, 0.3) is 0 Å². The van der Waals surface area contributed by atoms with Gasteiger partial charge < -0.3 is 22.1 Å². The van der Waals surface area contributed by atoms with Crippen LogP contribution in [0.15, 0.2) is 53.5 Å². The number of nitrogens with two attached hydrogens (primary N) is 2. The van der Waals surface area contributed by atoms with Crippen molar-refractivity contribution in [3.8, 4) is 0 Å². The minimum Gasteiger partial charge on any atom is -0.370 e. The van der Waals surface area contributed by atoms with Crippen molar-refractivity contribution in [2.45, 2.75) is 56.9 Å². The highest BCUT2D eigenvalue weighted by Crippen LogP contribution is 2.38. The number of hydrogen-bond acceptors (Lipinski definition) is 3. The normalized spacial score (nSPS) is 19.5. The molecule has 1 saturated carbocycles. The summed E-state index contributed by atoms with van der Waals surface area (Å²) >= 11 is 5.68. The van der Waals surface area contributed by atoms with E-state index in [1.165, 1.54) is 17.7 Å². The van der Waals surface area contributed by atoms with Gasteiger partial charge in [0.15, 0.2) is 5.96 Å². The fourth-order valence-electron chi connectivity index (χ4n) is 4.70. The van der Waals surface area contributed by atoms with Crippen LogP contribution in [0.4, 0.5) is 10.1 Å². The summed E-state index contributed by atoms with van der Waals surface area (Å²) < 4.78 is 13.7. The molecule has 1 fully saturated rings. The van der Waals surface area contributed by atoms with Crippen molar-refractivity contribution in [1.82, 2.24) is 5.32 Å². The number of guanidine groups is 1. The highest BCUT2D eigenvalue weighted by atomic mass is 35.5. The van der Waals surface area contributed by atoms with Crippen LogP contribution < -0.4 is 22.1 Å². The number of halogens is 2. The van der Waals surface area contributed by atoms with E-state index in [1.54, 1.807) is 0 Å². The molecule has 188 valence electrons. The number of nitrogens with one attached hydrogen (secondary N) is 2. The van der Waals surface area contributed by atoms with E-state index >= 15 is 0 Å². The van der Waals surface area contributed by atoms with Gasteiger partial charge in [0, 0.05) is 18.3 Å². The van der Waals surface area contributed by atoms with Gasteiger partial charge in [-0.1, -0.05) is 54.8 Å². The number of carbonyl (C=O) groups excluding carboxylic acids is 2. The molecule has 35 heavy (non-hydrogen) atoms. The van der Waals surface area contributed by atoms with Gasteiger partial charge in [-0.05, 0) is 67.7 Å². The van der Waals surface area contributed by atoms with E-state index in [-0.39, 0.29) is 28.6 Å². The Morgan fingerprint density at radius 1 is 1.03 bits per heavy atom. The smallest absolute Gasteiger partial charge is 0.313 e. The van der Waals surface area contributed by atoms with Crippen LogP contribution in [0.25, 0.3) is 0 Å². The van der Waals surface area contributed by atoms with E-state index in [0.717, 1.165) is 51.0 Å². The maximum absolute atomic E-state index is 13.7. The summed E-state index contributed by atoms with van der Waals surface area (Å²) in [6.45, 7) is 0.602. The first-order chi connectivity index (χ1) is 16.8. The summed E-state index contributed by atoms with van der Waals surface area (Å²) in [4.78, 5) is 29.1. The van der Waals surface area contributed by atoms with Crippen molar-refractivity contribution < 1.29 is 14.0 Å². The molecule has 0 saturated heterocycles. The number of unbranched alkanes of at least 4 members (excludes halogenated alkanes) is 2. The summed E-state index contributed by atoms with van der Waals surface area (Å²) in [6, 6.07) is 14.2. The van der Waals surface area contributed by atoms with Crippen molar-refractivity contribution in [3.05, 3.63) is 64.9 Å². The molecule has 2 aromatic carbocycles. The van der Waals surface area contributed by atoms with E-state index in [9.17, 15) is 14.0 Å². The molecule has 2 aromatic rings. The molecule has 0 bridgehead atoms. The monoisotopic (exact) mass is 501 g/mol. The van der Waals surface area contributed by atoms with Crippen LogP contribution in [0.2, 0.25) is 5.02 Å². The van der Waals surface area contributed by atoms with Gasteiger partial charge in [0.05, 0.1) is 5.02 Å². The van der Waals surface area contributed by atoms with E-state index in [0.29, 0.717) is 12.5 Å². The van der Waals surface area contributed by atoms with Gasteiger partial charge in [-0.3, -0.25) is 14.6 Å². The molecule has 1 aliphatic carbocycles. The lowest BCUT2D eigenvalue weighted by atomic mass is 9.73. The van der Waals surface area contributed by atoms with E-state index in [1.807, 2.05) is 18.2 Å². The molecule has 7 nitrogen and oxygen atoms in total. The Labute approximate surface area is 210 Å². The fraction of sp³-hybridized carbons (Fsp3) is 0.423. The van der Waals surface area contributed by atoms with Gasteiger partial charge in [0.1, 0.15) is 5.82 Å². The predicted molar refractivity (Wildman–Crippen MR) is 138 cm³/mol. The van der Waals surface area contributed by atoms with Crippen LogP contribution in [-0.4, -0.2) is 30.4 Å².